The summed E-state index contributed by atoms with van der Waals surface area (Å²) in [5.74, 6) is -0.848. The zero-order valence-corrected chi connectivity index (χ0v) is 6.90. The van der Waals surface area contributed by atoms with Gasteiger partial charge in [-0.15, -0.1) is 0 Å². The third-order valence-corrected chi connectivity index (χ3v) is 1.99. The molecule has 0 bridgehead atoms. The Morgan fingerprint density at radius 3 is 2.58 bits per heavy atom. The maximum absolute atomic E-state index is 10.7. The largest absolute Gasteiger partial charge is 0.480 e. The van der Waals surface area contributed by atoms with Gasteiger partial charge in [0, 0.05) is 19.6 Å². The number of carboxylic acids is 1. The van der Waals surface area contributed by atoms with E-state index in [-0.39, 0.29) is 6.54 Å². The van der Waals surface area contributed by atoms with Crippen LogP contribution in [0.25, 0.3) is 0 Å². The van der Waals surface area contributed by atoms with Crippen molar-refractivity contribution in [3.05, 3.63) is 0 Å². The van der Waals surface area contributed by atoms with E-state index in [1.54, 1.807) is 0 Å². The van der Waals surface area contributed by atoms with Gasteiger partial charge >= 0.3 is 5.97 Å². The van der Waals surface area contributed by atoms with Gasteiger partial charge in [-0.25, -0.2) is 0 Å². The smallest absolute Gasteiger partial charge is 0.322 e. The third-order valence-electron chi connectivity index (χ3n) is 1.99. The first kappa shape index (κ1) is 9.44. The fraction of sp³-hybridized carbons (Fsp3) is 0.857. The lowest BCUT2D eigenvalue weighted by atomic mass is 10.2. The van der Waals surface area contributed by atoms with E-state index in [4.69, 9.17) is 15.6 Å². The molecule has 1 saturated heterocycles. The molecule has 1 atom stereocenters. The zero-order chi connectivity index (χ0) is 8.97. The number of morpholine rings is 1. The molecule has 0 unspecified atom stereocenters. The van der Waals surface area contributed by atoms with Gasteiger partial charge in [-0.3, -0.25) is 9.69 Å². The van der Waals surface area contributed by atoms with E-state index in [0.717, 1.165) is 0 Å². The number of aliphatic carboxylic acids is 1. The fourth-order valence-electron chi connectivity index (χ4n) is 1.30. The normalized spacial score (nSPS) is 22.1. The number of nitrogens with zero attached hydrogens (tertiary/aromatic N) is 1. The number of rotatable bonds is 3. The topological polar surface area (TPSA) is 75.8 Å². The predicted molar refractivity (Wildman–Crippen MR) is 42.9 cm³/mol. The third kappa shape index (κ3) is 2.17. The summed E-state index contributed by atoms with van der Waals surface area (Å²) in [6.07, 6.45) is 0. The Bertz CT molecular complexity index is 157. The minimum atomic E-state index is -0.848. The summed E-state index contributed by atoms with van der Waals surface area (Å²) in [5.41, 5.74) is 5.34. The summed E-state index contributed by atoms with van der Waals surface area (Å²) in [6.45, 7) is 2.69. The van der Waals surface area contributed by atoms with Crippen LogP contribution in [0.5, 0.6) is 0 Å². The van der Waals surface area contributed by atoms with E-state index in [1.165, 1.54) is 0 Å². The number of hydrogen-bond acceptors (Lipinski definition) is 4. The SMILES string of the molecule is NC[C@@H](C(=O)O)N1CCOCC1. The number of carboxylic acid groups (broad SMARTS) is 1. The van der Waals surface area contributed by atoms with Crippen LogP contribution >= 0.6 is 0 Å². The standard InChI is InChI=1S/C7H14N2O3/c8-5-6(7(10)11)9-1-3-12-4-2-9/h6H,1-5,8H2,(H,10,11)/t6-/m0/s1. The van der Waals surface area contributed by atoms with E-state index >= 15 is 0 Å². The van der Waals surface area contributed by atoms with Crippen LogP contribution in [0.1, 0.15) is 0 Å². The molecule has 12 heavy (non-hydrogen) atoms. The van der Waals surface area contributed by atoms with Crippen molar-refractivity contribution in [1.82, 2.24) is 4.90 Å². The molecule has 0 aliphatic carbocycles. The van der Waals surface area contributed by atoms with Crippen molar-refractivity contribution < 1.29 is 14.6 Å². The van der Waals surface area contributed by atoms with Crippen LogP contribution in [0.15, 0.2) is 0 Å². The van der Waals surface area contributed by atoms with Crippen LogP contribution in [0, 0.1) is 0 Å². The quantitative estimate of drug-likeness (QED) is 0.558. The van der Waals surface area contributed by atoms with Gasteiger partial charge in [0.25, 0.3) is 0 Å². The molecule has 1 rings (SSSR count). The molecule has 0 aromatic heterocycles. The van der Waals surface area contributed by atoms with Crippen molar-refractivity contribution in [2.24, 2.45) is 5.73 Å². The number of nitrogens with two attached hydrogens (primary N) is 1. The molecule has 1 heterocycles. The fourth-order valence-corrected chi connectivity index (χ4v) is 1.30. The molecule has 1 aliphatic rings. The first-order valence-electron chi connectivity index (χ1n) is 4.00. The molecule has 5 heteroatoms. The second-order valence-corrected chi connectivity index (χ2v) is 2.74. The molecule has 5 nitrogen and oxygen atoms in total. The maximum Gasteiger partial charge on any atom is 0.322 e. The number of ether oxygens (including phenoxy) is 1. The second-order valence-electron chi connectivity index (χ2n) is 2.74. The van der Waals surface area contributed by atoms with Gasteiger partial charge in [0.05, 0.1) is 13.2 Å². The summed E-state index contributed by atoms with van der Waals surface area (Å²) >= 11 is 0. The van der Waals surface area contributed by atoms with Gasteiger partial charge in [0.1, 0.15) is 6.04 Å². The molecule has 0 saturated carbocycles. The van der Waals surface area contributed by atoms with Crippen LogP contribution in [-0.2, 0) is 9.53 Å². The zero-order valence-electron chi connectivity index (χ0n) is 6.90. The van der Waals surface area contributed by atoms with E-state index in [1.807, 2.05) is 4.90 Å². The molecule has 1 aliphatic heterocycles. The monoisotopic (exact) mass is 174 g/mol. The first-order valence-corrected chi connectivity index (χ1v) is 4.00. The summed E-state index contributed by atoms with van der Waals surface area (Å²) in [4.78, 5) is 12.5. The minimum Gasteiger partial charge on any atom is -0.480 e. The Morgan fingerprint density at radius 2 is 2.17 bits per heavy atom. The van der Waals surface area contributed by atoms with Crippen LogP contribution in [0.4, 0.5) is 0 Å². The second kappa shape index (κ2) is 4.39. The molecular weight excluding hydrogens is 160 g/mol. The molecule has 0 aromatic rings. The Kier molecular flexibility index (Phi) is 3.46. The Hall–Kier alpha value is -0.650. The average Bonchev–Trinajstić information content (AvgIpc) is 2.07. The molecule has 0 aromatic carbocycles. The van der Waals surface area contributed by atoms with E-state index in [2.05, 4.69) is 0 Å². The lowest BCUT2D eigenvalue weighted by Gasteiger charge is -2.30. The van der Waals surface area contributed by atoms with Crippen molar-refractivity contribution in [2.75, 3.05) is 32.8 Å². The van der Waals surface area contributed by atoms with E-state index < -0.39 is 12.0 Å². The molecule has 0 spiro atoms. The highest BCUT2D eigenvalue weighted by molar-refractivity contribution is 5.73. The predicted octanol–water partition coefficient (Wildman–Crippen LogP) is -1.27. The Labute approximate surface area is 71.1 Å². The molecule has 1 fully saturated rings. The summed E-state index contributed by atoms with van der Waals surface area (Å²) in [6, 6.07) is -0.547. The van der Waals surface area contributed by atoms with Crippen LogP contribution in [-0.4, -0.2) is 54.9 Å². The van der Waals surface area contributed by atoms with Crippen molar-refractivity contribution in [3.8, 4) is 0 Å². The molecule has 0 radical (unpaired) electrons. The Morgan fingerprint density at radius 1 is 1.58 bits per heavy atom. The highest BCUT2D eigenvalue weighted by Crippen LogP contribution is 2.02. The van der Waals surface area contributed by atoms with Crippen molar-refractivity contribution >= 4 is 5.97 Å². The van der Waals surface area contributed by atoms with Gasteiger partial charge in [0.2, 0.25) is 0 Å². The highest BCUT2D eigenvalue weighted by Gasteiger charge is 2.25. The molecule has 3 N–H and O–H groups in total. The molecule has 0 amide bonds. The van der Waals surface area contributed by atoms with Crippen molar-refractivity contribution in [1.29, 1.82) is 0 Å². The molecule has 70 valence electrons. The van der Waals surface area contributed by atoms with Crippen molar-refractivity contribution in [2.45, 2.75) is 6.04 Å². The van der Waals surface area contributed by atoms with Gasteiger partial charge < -0.3 is 15.6 Å². The maximum atomic E-state index is 10.7. The number of carbonyl (C=O) groups is 1. The van der Waals surface area contributed by atoms with Crippen LogP contribution in [0.3, 0.4) is 0 Å². The summed E-state index contributed by atoms with van der Waals surface area (Å²) in [5, 5.41) is 8.76. The minimum absolute atomic E-state index is 0.162. The van der Waals surface area contributed by atoms with Gasteiger partial charge in [-0.05, 0) is 0 Å². The highest BCUT2D eigenvalue weighted by atomic mass is 16.5. The lowest BCUT2D eigenvalue weighted by Crippen LogP contribution is -2.50. The van der Waals surface area contributed by atoms with E-state index in [9.17, 15) is 4.79 Å². The molecular formula is C7H14N2O3. The Balaban J connectivity index is 2.46. The van der Waals surface area contributed by atoms with Crippen LogP contribution < -0.4 is 5.73 Å². The van der Waals surface area contributed by atoms with Gasteiger partial charge in [-0.2, -0.15) is 0 Å². The summed E-state index contributed by atoms with van der Waals surface area (Å²) < 4.78 is 5.10. The summed E-state index contributed by atoms with van der Waals surface area (Å²) in [7, 11) is 0. The first-order chi connectivity index (χ1) is 5.75. The van der Waals surface area contributed by atoms with Gasteiger partial charge in [0.15, 0.2) is 0 Å². The van der Waals surface area contributed by atoms with E-state index in [0.29, 0.717) is 26.3 Å². The lowest BCUT2D eigenvalue weighted by molar-refractivity contribution is -0.144. The van der Waals surface area contributed by atoms with Crippen molar-refractivity contribution in [3.63, 3.8) is 0 Å². The average molecular weight is 174 g/mol. The van der Waals surface area contributed by atoms with Gasteiger partial charge in [-0.1, -0.05) is 0 Å². The van der Waals surface area contributed by atoms with Crippen LogP contribution in [0.2, 0.25) is 0 Å². The number of hydrogen-bond donors (Lipinski definition) is 2.